The highest BCUT2D eigenvalue weighted by molar-refractivity contribution is 6.31. The predicted molar refractivity (Wildman–Crippen MR) is 74.7 cm³/mol. The third-order valence-corrected chi connectivity index (χ3v) is 3.11. The first-order chi connectivity index (χ1) is 8.56. The minimum absolute atomic E-state index is 0.278. The van der Waals surface area contributed by atoms with Crippen molar-refractivity contribution in [1.29, 1.82) is 0 Å². The molecule has 2 aromatic carbocycles. The van der Waals surface area contributed by atoms with Crippen molar-refractivity contribution in [2.24, 2.45) is 0 Å². The monoisotopic (exact) mass is 263 g/mol. The maximum Gasteiger partial charge on any atom is 0.129 e. The van der Waals surface area contributed by atoms with Crippen molar-refractivity contribution in [2.75, 3.05) is 5.32 Å². The number of nitrogens with one attached hydrogen (secondary N) is 1. The fourth-order valence-electron chi connectivity index (χ4n) is 1.97. The van der Waals surface area contributed by atoms with E-state index < -0.39 is 0 Å². The molecule has 2 rings (SSSR count). The number of benzene rings is 2. The molecule has 0 bridgehead atoms. The van der Waals surface area contributed by atoms with Gasteiger partial charge in [0.15, 0.2) is 0 Å². The van der Waals surface area contributed by atoms with E-state index in [-0.39, 0.29) is 5.82 Å². The highest BCUT2D eigenvalue weighted by atomic mass is 35.5. The van der Waals surface area contributed by atoms with Gasteiger partial charge in [0, 0.05) is 22.8 Å². The molecule has 94 valence electrons. The highest BCUT2D eigenvalue weighted by Crippen LogP contribution is 2.21. The Morgan fingerprint density at radius 1 is 1.11 bits per heavy atom. The molecule has 18 heavy (non-hydrogen) atoms. The lowest BCUT2D eigenvalue weighted by atomic mass is 10.1. The van der Waals surface area contributed by atoms with Crippen molar-refractivity contribution in [3.63, 3.8) is 0 Å². The first kappa shape index (κ1) is 12.9. The van der Waals surface area contributed by atoms with Crippen LogP contribution in [-0.4, -0.2) is 0 Å². The van der Waals surface area contributed by atoms with Gasteiger partial charge in [-0.15, -0.1) is 0 Å². The van der Waals surface area contributed by atoms with Crippen LogP contribution in [0.1, 0.15) is 16.7 Å². The van der Waals surface area contributed by atoms with Crippen LogP contribution < -0.4 is 5.32 Å². The van der Waals surface area contributed by atoms with Crippen molar-refractivity contribution in [1.82, 2.24) is 0 Å². The van der Waals surface area contributed by atoms with E-state index in [1.54, 1.807) is 12.1 Å². The van der Waals surface area contributed by atoms with E-state index in [1.807, 2.05) is 26.0 Å². The van der Waals surface area contributed by atoms with Gasteiger partial charge in [0.1, 0.15) is 5.82 Å². The summed E-state index contributed by atoms with van der Waals surface area (Å²) in [4.78, 5) is 0. The van der Waals surface area contributed by atoms with Crippen molar-refractivity contribution in [3.05, 3.63) is 63.9 Å². The predicted octanol–water partition coefficient (Wildman–Crippen LogP) is 4.71. The molecule has 0 aromatic heterocycles. The van der Waals surface area contributed by atoms with Crippen LogP contribution in [0, 0.1) is 19.7 Å². The molecule has 0 aliphatic heterocycles. The molecular formula is C15H15ClFN. The summed E-state index contributed by atoms with van der Waals surface area (Å²) in [6.07, 6.45) is 0. The van der Waals surface area contributed by atoms with Gasteiger partial charge >= 0.3 is 0 Å². The van der Waals surface area contributed by atoms with E-state index in [9.17, 15) is 4.39 Å². The maximum atomic E-state index is 13.6. The summed E-state index contributed by atoms with van der Waals surface area (Å²) in [5.74, 6) is -0.278. The zero-order chi connectivity index (χ0) is 13.1. The Kier molecular flexibility index (Phi) is 3.87. The zero-order valence-electron chi connectivity index (χ0n) is 10.4. The van der Waals surface area contributed by atoms with E-state index in [0.29, 0.717) is 17.1 Å². The number of hydrogen-bond acceptors (Lipinski definition) is 1. The van der Waals surface area contributed by atoms with Crippen molar-refractivity contribution >= 4 is 17.3 Å². The van der Waals surface area contributed by atoms with Crippen molar-refractivity contribution < 1.29 is 4.39 Å². The molecule has 0 aliphatic rings. The van der Waals surface area contributed by atoms with Crippen LogP contribution >= 0.6 is 11.6 Å². The topological polar surface area (TPSA) is 12.0 Å². The Morgan fingerprint density at radius 2 is 1.78 bits per heavy atom. The molecule has 3 heteroatoms. The van der Waals surface area contributed by atoms with Crippen LogP contribution in [0.5, 0.6) is 0 Å². The Balaban J connectivity index is 2.16. The molecular weight excluding hydrogens is 249 g/mol. The summed E-state index contributed by atoms with van der Waals surface area (Å²) >= 11 is 5.98. The molecule has 1 nitrogen and oxygen atoms in total. The molecule has 0 amide bonds. The number of aryl methyl sites for hydroxylation is 2. The van der Waals surface area contributed by atoms with E-state index in [4.69, 9.17) is 11.6 Å². The van der Waals surface area contributed by atoms with Crippen LogP contribution in [-0.2, 0) is 6.54 Å². The molecule has 0 atom stereocenters. The van der Waals surface area contributed by atoms with Gasteiger partial charge in [-0.25, -0.2) is 4.39 Å². The molecule has 0 radical (unpaired) electrons. The number of hydrogen-bond donors (Lipinski definition) is 1. The van der Waals surface area contributed by atoms with E-state index >= 15 is 0 Å². The minimum atomic E-state index is -0.278. The van der Waals surface area contributed by atoms with Crippen LogP contribution in [0.25, 0.3) is 0 Å². The van der Waals surface area contributed by atoms with E-state index in [0.717, 1.165) is 5.69 Å². The Labute approximate surface area is 112 Å². The van der Waals surface area contributed by atoms with Crippen molar-refractivity contribution in [3.8, 4) is 0 Å². The summed E-state index contributed by atoms with van der Waals surface area (Å²) in [7, 11) is 0. The Morgan fingerprint density at radius 3 is 2.39 bits per heavy atom. The smallest absolute Gasteiger partial charge is 0.129 e. The molecule has 0 heterocycles. The largest absolute Gasteiger partial charge is 0.381 e. The molecule has 0 fully saturated rings. The first-order valence-electron chi connectivity index (χ1n) is 5.81. The van der Waals surface area contributed by atoms with Gasteiger partial charge in [0.2, 0.25) is 0 Å². The summed E-state index contributed by atoms with van der Waals surface area (Å²) in [6.45, 7) is 4.46. The second-order valence-corrected chi connectivity index (χ2v) is 4.84. The number of rotatable bonds is 3. The average Bonchev–Trinajstić information content (AvgIpc) is 2.27. The lowest BCUT2D eigenvalue weighted by Gasteiger charge is -2.10. The van der Waals surface area contributed by atoms with E-state index in [2.05, 4.69) is 11.4 Å². The quantitative estimate of drug-likeness (QED) is 0.846. The van der Waals surface area contributed by atoms with Gasteiger partial charge in [-0.3, -0.25) is 0 Å². The highest BCUT2D eigenvalue weighted by Gasteiger charge is 2.06. The molecule has 1 N–H and O–H groups in total. The van der Waals surface area contributed by atoms with Gasteiger partial charge < -0.3 is 5.32 Å². The third kappa shape index (κ3) is 3.02. The standard InChI is InChI=1S/C15H15ClFN/c1-10-6-11(2)8-12(7-10)18-9-13-14(16)4-3-5-15(13)17/h3-8,18H,9H2,1-2H3. The normalized spacial score (nSPS) is 10.4. The third-order valence-electron chi connectivity index (χ3n) is 2.75. The van der Waals surface area contributed by atoms with Crippen molar-refractivity contribution in [2.45, 2.75) is 20.4 Å². The minimum Gasteiger partial charge on any atom is -0.381 e. The molecule has 0 saturated carbocycles. The van der Waals surface area contributed by atoms with Gasteiger partial charge in [-0.05, 0) is 49.2 Å². The van der Waals surface area contributed by atoms with Crippen LogP contribution in [0.2, 0.25) is 5.02 Å². The number of halogens is 2. The second-order valence-electron chi connectivity index (χ2n) is 4.43. The summed E-state index contributed by atoms with van der Waals surface area (Å²) in [6, 6.07) is 10.9. The summed E-state index contributed by atoms with van der Waals surface area (Å²) in [5.41, 5.74) is 3.83. The van der Waals surface area contributed by atoms with E-state index in [1.165, 1.54) is 17.2 Å². The molecule has 2 aromatic rings. The van der Waals surface area contributed by atoms with Gasteiger partial charge in [0.05, 0.1) is 0 Å². The fourth-order valence-corrected chi connectivity index (χ4v) is 2.20. The average molecular weight is 264 g/mol. The van der Waals surface area contributed by atoms with Crippen LogP contribution in [0.4, 0.5) is 10.1 Å². The molecule has 0 unspecified atom stereocenters. The first-order valence-corrected chi connectivity index (χ1v) is 6.19. The van der Waals surface area contributed by atoms with Crippen LogP contribution in [0.3, 0.4) is 0 Å². The molecule has 0 saturated heterocycles. The summed E-state index contributed by atoms with van der Waals surface area (Å²) < 4.78 is 13.6. The van der Waals surface area contributed by atoms with Gasteiger partial charge in [0.25, 0.3) is 0 Å². The SMILES string of the molecule is Cc1cc(C)cc(NCc2c(F)cccc2Cl)c1. The van der Waals surface area contributed by atoms with Gasteiger partial charge in [-0.1, -0.05) is 23.7 Å². The van der Waals surface area contributed by atoms with Crippen LogP contribution in [0.15, 0.2) is 36.4 Å². The zero-order valence-corrected chi connectivity index (χ0v) is 11.2. The molecule has 0 aliphatic carbocycles. The number of anilines is 1. The lowest BCUT2D eigenvalue weighted by molar-refractivity contribution is 0.613. The summed E-state index contributed by atoms with van der Waals surface area (Å²) in [5, 5.41) is 3.65. The molecule has 0 spiro atoms. The second kappa shape index (κ2) is 5.40. The van der Waals surface area contributed by atoms with Gasteiger partial charge in [-0.2, -0.15) is 0 Å². The maximum absolute atomic E-state index is 13.6. The lowest BCUT2D eigenvalue weighted by Crippen LogP contribution is -2.03. The Hall–Kier alpha value is -1.54. The Bertz CT molecular complexity index is 526. The fraction of sp³-hybridized carbons (Fsp3) is 0.200.